The number of rotatable bonds is 2. The summed E-state index contributed by atoms with van der Waals surface area (Å²) >= 11 is 0. The van der Waals surface area contributed by atoms with Gasteiger partial charge in [-0.05, 0) is 6.42 Å². The Bertz CT molecular complexity index is 224. The largest absolute Gasteiger partial charge is 0.479 e. The van der Waals surface area contributed by atoms with E-state index in [1.165, 1.54) is 0 Å². The highest BCUT2D eigenvalue weighted by Gasteiger charge is 2.47. The number of hydrogen-bond acceptors (Lipinski definition) is 4. The topological polar surface area (TPSA) is 104 Å². The molecule has 0 radical (unpaired) electrons. The first-order chi connectivity index (χ1) is 5.46. The Kier molecular flexibility index (Phi) is 2.03. The van der Waals surface area contributed by atoms with Crippen molar-refractivity contribution in [3.63, 3.8) is 0 Å². The van der Waals surface area contributed by atoms with Crippen LogP contribution in [0.3, 0.4) is 0 Å². The molecule has 0 bridgehead atoms. The number of aliphatic hydroxyl groups is 1. The minimum atomic E-state index is -2.32. The Morgan fingerprint density at radius 1 is 1.42 bits per heavy atom. The maximum atomic E-state index is 10.3. The van der Waals surface area contributed by atoms with E-state index in [1.54, 1.807) is 0 Å². The van der Waals surface area contributed by atoms with Crippen molar-refractivity contribution in [2.75, 3.05) is 0 Å². The lowest BCUT2D eigenvalue weighted by Crippen LogP contribution is -2.39. The van der Waals surface area contributed by atoms with Crippen molar-refractivity contribution >= 4 is 11.9 Å². The van der Waals surface area contributed by atoms with E-state index in [-0.39, 0.29) is 12.8 Å². The summed E-state index contributed by atoms with van der Waals surface area (Å²) in [6.07, 6.45) is -1.40. The van der Waals surface area contributed by atoms with E-state index in [2.05, 4.69) is 4.74 Å². The molecule has 3 N–H and O–H groups in total. The Morgan fingerprint density at radius 2 is 2.00 bits per heavy atom. The predicted octanol–water partition coefficient (Wildman–Crippen LogP) is -0.977. The molecule has 1 fully saturated rings. The molecule has 1 aliphatic heterocycles. The SMILES string of the molecule is O=C(O)C1CCC(O)(C(=O)O)O1. The molecule has 0 aromatic rings. The van der Waals surface area contributed by atoms with Crippen molar-refractivity contribution in [2.24, 2.45) is 0 Å². The van der Waals surface area contributed by atoms with Gasteiger partial charge in [0.25, 0.3) is 5.79 Å². The van der Waals surface area contributed by atoms with Crippen LogP contribution < -0.4 is 0 Å². The summed E-state index contributed by atoms with van der Waals surface area (Å²) in [5.41, 5.74) is 0. The Morgan fingerprint density at radius 3 is 2.25 bits per heavy atom. The second-order valence-corrected chi connectivity index (χ2v) is 2.57. The third-order valence-corrected chi connectivity index (χ3v) is 1.69. The summed E-state index contributed by atoms with van der Waals surface area (Å²) in [5.74, 6) is -5.12. The lowest BCUT2D eigenvalue weighted by atomic mass is 10.1. The molecule has 6 nitrogen and oxygen atoms in total. The molecule has 1 aliphatic rings. The molecule has 1 heterocycles. The fourth-order valence-corrected chi connectivity index (χ4v) is 1.01. The van der Waals surface area contributed by atoms with Crippen LogP contribution in [-0.2, 0) is 14.3 Å². The summed E-state index contributed by atoms with van der Waals surface area (Å²) in [6, 6.07) is 0. The maximum Gasteiger partial charge on any atom is 0.364 e. The summed E-state index contributed by atoms with van der Waals surface area (Å²) in [5, 5.41) is 25.9. The van der Waals surface area contributed by atoms with Crippen molar-refractivity contribution < 1.29 is 29.6 Å². The molecule has 0 aromatic carbocycles. The molecule has 6 heteroatoms. The van der Waals surface area contributed by atoms with E-state index in [0.29, 0.717) is 0 Å². The number of carbonyl (C=O) groups is 2. The Hall–Kier alpha value is -1.14. The van der Waals surface area contributed by atoms with Gasteiger partial charge < -0.3 is 20.1 Å². The molecule has 0 saturated carbocycles. The van der Waals surface area contributed by atoms with Gasteiger partial charge in [-0.15, -0.1) is 0 Å². The third-order valence-electron chi connectivity index (χ3n) is 1.69. The highest BCUT2D eigenvalue weighted by atomic mass is 16.7. The van der Waals surface area contributed by atoms with Gasteiger partial charge in [0.15, 0.2) is 6.10 Å². The number of ether oxygens (including phenoxy) is 1. The van der Waals surface area contributed by atoms with Gasteiger partial charge >= 0.3 is 11.9 Å². The van der Waals surface area contributed by atoms with E-state index in [0.717, 1.165) is 0 Å². The lowest BCUT2D eigenvalue weighted by molar-refractivity contribution is -0.219. The molecular weight excluding hydrogens is 168 g/mol. The normalized spacial score (nSPS) is 34.9. The van der Waals surface area contributed by atoms with Crippen molar-refractivity contribution in [1.29, 1.82) is 0 Å². The third kappa shape index (κ3) is 1.39. The van der Waals surface area contributed by atoms with Gasteiger partial charge in [0.1, 0.15) is 0 Å². The van der Waals surface area contributed by atoms with Crippen molar-refractivity contribution in [2.45, 2.75) is 24.7 Å². The van der Waals surface area contributed by atoms with E-state index in [9.17, 15) is 9.59 Å². The van der Waals surface area contributed by atoms with Crippen LogP contribution in [0.1, 0.15) is 12.8 Å². The Labute approximate surface area is 67.4 Å². The molecule has 2 atom stereocenters. The van der Waals surface area contributed by atoms with Gasteiger partial charge in [0.05, 0.1) is 0 Å². The van der Waals surface area contributed by atoms with Crippen molar-refractivity contribution in [1.82, 2.24) is 0 Å². The first kappa shape index (κ1) is 8.95. The predicted molar refractivity (Wildman–Crippen MR) is 34.3 cm³/mol. The molecule has 68 valence electrons. The minimum Gasteiger partial charge on any atom is -0.479 e. The van der Waals surface area contributed by atoms with Crippen LogP contribution in [0.2, 0.25) is 0 Å². The molecule has 1 saturated heterocycles. The molecule has 1 rings (SSSR count). The van der Waals surface area contributed by atoms with Crippen LogP contribution in [0.25, 0.3) is 0 Å². The van der Waals surface area contributed by atoms with E-state index in [4.69, 9.17) is 15.3 Å². The summed E-state index contributed by atoms with van der Waals surface area (Å²) in [6.45, 7) is 0. The Balaban J connectivity index is 2.67. The van der Waals surface area contributed by atoms with Gasteiger partial charge in [-0.2, -0.15) is 0 Å². The second-order valence-electron chi connectivity index (χ2n) is 2.57. The van der Waals surface area contributed by atoms with Crippen molar-refractivity contribution in [3.8, 4) is 0 Å². The minimum absolute atomic E-state index is 0.0120. The van der Waals surface area contributed by atoms with Crippen LogP contribution in [0.15, 0.2) is 0 Å². The molecular formula is C6H8O6. The number of aliphatic carboxylic acids is 2. The molecule has 0 spiro atoms. The molecule has 12 heavy (non-hydrogen) atoms. The average Bonchev–Trinajstić information content (AvgIpc) is 2.33. The highest BCUT2D eigenvalue weighted by molar-refractivity contribution is 5.78. The fraction of sp³-hybridized carbons (Fsp3) is 0.667. The lowest BCUT2D eigenvalue weighted by Gasteiger charge is -2.15. The first-order valence-corrected chi connectivity index (χ1v) is 3.32. The second kappa shape index (κ2) is 2.72. The van der Waals surface area contributed by atoms with Crippen LogP contribution in [0.5, 0.6) is 0 Å². The average molecular weight is 176 g/mol. The first-order valence-electron chi connectivity index (χ1n) is 3.32. The molecule has 2 unspecified atom stereocenters. The van der Waals surface area contributed by atoms with Gasteiger partial charge in [0.2, 0.25) is 0 Å². The number of carboxylic acids is 2. The van der Waals surface area contributed by atoms with Crippen LogP contribution in [-0.4, -0.2) is 39.1 Å². The van der Waals surface area contributed by atoms with E-state index in [1.807, 2.05) is 0 Å². The van der Waals surface area contributed by atoms with Gasteiger partial charge in [0, 0.05) is 6.42 Å². The number of carboxylic acid groups (broad SMARTS) is 2. The standard InChI is InChI=1S/C6H8O6/c7-4(8)3-1-2-6(11,12-3)5(9)10/h3,11H,1-2H2,(H,7,8)(H,9,10). The summed E-state index contributed by atoms with van der Waals surface area (Å²) < 4.78 is 4.43. The molecule has 0 aromatic heterocycles. The fourth-order valence-electron chi connectivity index (χ4n) is 1.01. The zero-order chi connectivity index (χ0) is 9.35. The molecule has 0 aliphatic carbocycles. The smallest absolute Gasteiger partial charge is 0.364 e. The van der Waals surface area contributed by atoms with Gasteiger partial charge in [-0.25, -0.2) is 9.59 Å². The van der Waals surface area contributed by atoms with Crippen LogP contribution >= 0.6 is 0 Å². The van der Waals surface area contributed by atoms with Gasteiger partial charge in [-0.3, -0.25) is 0 Å². The highest BCUT2D eigenvalue weighted by Crippen LogP contribution is 2.28. The zero-order valence-electron chi connectivity index (χ0n) is 6.06. The number of hydrogen-bond donors (Lipinski definition) is 3. The summed E-state index contributed by atoms with van der Waals surface area (Å²) in [4.78, 5) is 20.6. The maximum absolute atomic E-state index is 10.3. The van der Waals surface area contributed by atoms with E-state index >= 15 is 0 Å². The van der Waals surface area contributed by atoms with Gasteiger partial charge in [-0.1, -0.05) is 0 Å². The zero-order valence-corrected chi connectivity index (χ0v) is 6.06. The van der Waals surface area contributed by atoms with Crippen LogP contribution in [0, 0.1) is 0 Å². The van der Waals surface area contributed by atoms with Crippen molar-refractivity contribution in [3.05, 3.63) is 0 Å². The molecule has 0 amide bonds. The monoisotopic (exact) mass is 176 g/mol. The van der Waals surface area contributed by atoms with Crippen LogP contribution in [0.4, 0.5) is 0 Å². The summed E-state index contributed by atoms with van der Waals surface area (Å²) in [7, 11) is 0. The quantitative estimate of drug-likeness (QED) is 0.499. The van der Waals surface area contributed by atoms with E-state index < -0.39 is 23.8 Å².